The van der Waals surface area contributed by atoms with Crippen LogP contribution in [0.1, 0.15) is 12.8 Å². The van der Waals surface area contributed by atoms with Crippen molar-refractivity contribution in [2.24, 2.45) is 0 Å². The summed E-state index contributed by atoms with van der Waals surface area (Å²) in [5.41, 5.74) is -2.74. The van der Waals surface area contributed by atoms with Crippen LogP contribution in [-0.2, 0) is 51.7 Å². The molecule has 0 aliphatic rings. The van der Waals surface area contributed by atoms with Gasteiger partial charge in [-0.05, 0) is 0 Å². The van der Waals surface area contributed by atoms with Crippen molar-refractivity contribution in [3.05, 3.63) is 0 Å². The second kappa shape index (κ2) is 10.8. The molecular weight excluding hydrogens is 368 g/mol. The maximum absolute atomic E-state index is 10.3. The molecule has 0 heterocycles. The predicted molar refractivity (Wildman–Crippen MR) is 54.9 cm³/mol. The van der Waals surface area contributed by atoms with Crippen molar-refractivity contribution in [3.63, 3.8) is 0 Å². The number of carboxylic acid groups (broad SMARTS) is 3. The minimum atomic E-state index is -2.95. The first-order valence-electron chi connectivity index (χ1n) is 4.00. The monoisotopic (exact) mass is 376 g/mol. The standard InChI is InChI=1S/C6H8O7.Fe.H2O4S2/c7-3(8)1-6(13,5(11)12)2-4(9)10;;1-5(2)6(3)4/h13H,1-2H2,(H,7,8)(H,9,10)(H,11,12);;(H,1,2)(H,3,4)/q;+2;/p-2. The van der Waals surface area contributed by atoms with E-state index in [-0.39, 0.29) is 17.1 Å². The minimum Gasteiger partial charge on any atom is -0.763 e. The maximum Gasteiger partial charge on any atom is 2.00 e. The van der Waals surface area contributed by atoms with Crippen LogP contribution in [0.4, 0.5) is 0 Å². The van der Waals surface area contributed by atoms with Gasteiger partial charge in [0.2, 0.25) is 0 Å². The van der Waals surface area contributed by atoms with Crippen molar-refractivity contribution in [1.29, 1.82) is 0 Å². The molecule has 0 aromatic heterocycles. The molecule has 0 saturated heterocycles. The second-order valence-corrected chi connectivity index (χ2v) is 5.34. The number of aliphatic hydroxyl groups is 1. The average molecular weight is 376 g/mol. The van der Waals surface area contributed by atoms with Crippen LogP contribution in [0.2, 0.25) is 0 Å². The fraction of sp³-hybridized carbons (Fsp3) is 0.500. The fourth-order valence-corrected chi connectivity index (χ4v) is 0.714. The fourth-order valence-electron chi connectivity index (χ4n) is 0.714. The Hall–Kier alpha value is -0.891. The number of hydrogen-bond acceptors (Lipinski definition) is 8. The van der Waals surface area contributed by atoms with E-state index < -0.39 is 56.6 Å². The van der Waals surface area contributed by atoms with Crippen LogP contribution in [0.5, 0.6) is 0 Å². The SMILES string of the molecule is O=C(O)CC(O)(CC(=O)O)C(=O)O.O=S([O-])S(=O)[O-].[Fe+2]. The van der Waals surface area contributed by atoms with E-state index in [0.29, 0.717) is 0 Å². The van der Waals surface area contributed by atoms with Crippen molar-refractivity contribution in [2.75, 3.05) is 0 Å². The zero-order valence-corrected chi connectivity index (χ0v) is 12.0. The quantitative estimate of drug-likeness (QED) is 0.214. The smallest absolute Gasteiger partial charge is 0.763 e. The molecule has 0 amide bonds. The normalized spacial score (nSPS) is 12.9. The third-order valence-corrected chi connectivity index (χ3v) is 2.29. The molecule has 0 aliphatic heterocycles. The topological polar surface area (TPSA) is 212 Å². The Labute approximate surface area is 126 Å². The van der Waals surface area contributed by atoms with Crippen LogP contribution in [0, 0.1) is 0 Å². The van der Waals surface area contributed by atoms with Crippen molar-refractivity contribution >= 4 is 38.1 Å². The summed E-state index contributed by atoms with van der Waals surface area (Å²) in [4.78, 5) is 30.5. The summed E-state index contributed by atoms with van der Waals surface area (Å²) in [5, 5.41) is 33.8. The summed E-state index contributed by atoms with van der Waals surface area (Å²) < 4.78 is 36.3. The van der Waals surface area contributed by atoms with Gasteiger partial charge in [-0.15, -0.1) is 0 Å². The number of carboxylic acids is 3. The molecular formula is C6H8FeO11S2. The Morgan fingerprint density at radius 2 is 1.15 bits per heavy atom. The molecule has 0 saturated carbocycles. The molecule has 0 fully saturated rings. The minimum absolute atomic E-state index is 0. The van der Waals surface area contributed by atoms with E-state index in [1.54, 1.807) is 0 Å². The van der Waals surface area contributed by atoms with Gasteiger partial charge in [0.05, 0.1) is 12.8 Å². The molecule has 0 bridgehead atoms. The van der Waals surface area contributed by atoms with Gasteiger partial charge >= 0.3 is 35.0 Å². The molecule has 20 heavy (non-hydrogen) atoms. The molecule has 11 nitrogen and oxygen atoms in total. The third-order valence-electron chi connectivity index (χ3n) is 1.40. The summed E-state index contributed by atoms with van der Waals surface area (Å²) in [6.45, 7) is 0. The van der Waals surface area contributed by atoms with E-state index in [1.165, 1.54) is 0 Å². The van der Waals surface area contributed by atoms with Crippen molar-refractivity contribution in [1.82, 2.24) is 0 Å². The number of aliphatic carboxylic acids is 3. The van der Waals surface area contributed by atoms with E-state index in [9.17, 15) is 14.4 Å². The summed E-state index contributed by atoms with van der Waals surface area (Å²) in [6.07, 6.45) is -2.29. The molecule has 2 unspecified atom stereocenters. The van der Waals surface area contributed by atoms with E-state index >= 15 is 0 Å². The van der Waals surface area contributed by atoms with Crippen molar-refractivity contribution in [2.45, 2.75) is 18.4 Å². The number of carbonyl (C=O) groups is 3. The van der Waals surface area contributed by atoms with Crippen LogP contribution < -0.4 is 0 Å². The summed E-state index contributed by atoms with van der Waals surface area (Å²) in [7, 11) is -5.90. The predicted octanol–water partition coefficient (Wildman–Crippen LogP) is -2.59. The van der Waals surface area contributed by atoms with Gasteiger partial charge in [0, 0.05) is 20.2 Å². The Kier molecular flexibility index (Phi) is 13.1. The maximum atomic E-state index is 10.3. The van der Waals surface area contributed by atoms with E-state index in [4.69, 9.17) is 37.9 Å². The molecule has 14 heteroatoms. The Balaban J connectivity index is -0.000000352. The molecule has 0 rings (SSSR count). The van der Waals surface area contributed by atoms with Crippen molar-refractivity contribution in [3.8, 4) is 0 Å². The van der Waals surface area contributed by atoms with Gasteiger partial charge in [-0.3, -0.25) is 18.0 Å². The van der Waals surface area contributed by atoms with Gasteiger partial charge in [-0.2, -0.15) is 0 Å². The molecule has 0 radical (unpaired) electrons. The zero-order valence-electron chi connectivity index (χ0n) is 9.23. The Morgan fingerprint density at radius 1 is 0.900 bits per heavy atom. The average Bonchev–Trinajstić information content (AvgIpc) is 2.14. The number of rotatable bonds is 6. The first-order valence-corrected chi connectivity index (χ1v) is 6.67. The first kappa shape index (κ1) is 24.1. The summed E-state index contributed by atoms with van der Waals surface area (Å²) >= 11 is 0. The van der Waals surface area contributed by atoms with E-state index in [1.807, 2.05) is 0 Å². The van der Waals surface area contributed by atoms with Crippen LogP contribution in [-0.4, -0.2) is 61.5 Å². The van der Waals surface area contributed by atoms with Crippen LogP contribution in [0.3, 0.4) is 0 Å². The molecule has 0 aliphatic carbocycles. The molecule has 0 aromatic rings. The molecule has 2 atom stereocenters. The van der Waals surface area contributed by atoms with Gasteiger partial charge in [0.15, 0.2) is 5.60 Å². The number of hydrogen-bond donors (Lipinski definition) is 4. The molecule has 0 spiro atoms. The second-order valence-electron chi connectivity index (χ2n) is 2.89. The Morgan fingerprint density at radius 3 is 1.25 bits per heavy atom. The third kappa shape index (κ3) is 12.2. The van der Waals surface area contributed by atoms with Crippen LogP contribution in [0.25, 0.3) is 0 Å². The van der Waals surface area contributed by atoms with Gasteiger partial charge in [-0.1, -0.05) is 0 Å². The largest absolute Gasteiger partial charge is 2.00 e. The Bertz CT molecular complexity index is 380. The van der Waals surface area contributed by atoms with Crippen LogP contribution in [0.15, 0.2) is 0 Å². The molecule has 0 aromatic carbocycles. The first-order chi connectivity index (χ1) is 8.42. The van der Waals surface area contributed by atoms with E-state index in [2.05, 4.69) is 0 Å². The summed E-state index contributed by atoms with van der Waals surface area (Å²) in [6, 6.07) is 0. The summed E-state index contributed by atoms with van der Waals surface area (Å²) in [5.74, 6) is -5.02. The van der Waals surface area contributed by atoms with Crippen molar-refractivity contribution < 1.29 is 69.4 Å². The van der Waals surface area contributed by atoms with Gasteiger partial charge in [0.25, 0.3) is 0 Å². The molecule has 4 N–H and O–H groups in total. The van der Waals surface area contributed by atoms with Gasteiger partial charge < -0.3 is 29.5 Å². The van der Waals surface area contributed by atoms with Crippen LogP contribution >= 0.6 is 0 Å². The molecule has 118 valence electrons. The van der Waals surface area contributed by atoms with E-state index in [0.717, 1.165) is 0 Å². The van der Waals surface area contributed by atoms with Gasteiger partial charge in [0.1, 0.15) is 0 Å². The van der Waals surface area contributed by atoms with Gasteiger partial charge in [-0.25, -0.2) is 4.79 Å². The zero-order chi connectivity index (χ0) is 15.8.